The van der Waals surface area contributed by atoms with E-state index in [1.165, 1.54) is 22.9 Å². The minimum atomic E-state index is -0.111. The van der Waals surface area contributed by atoms with Crippen molar-refractivity contribution in [3.8, 4) is 5.69 Å². The van der Waals surface area contributed by atoms with E-state index in [1.807, 2.05) is 67.3 Å². The van der Waals surface area contributed by atoms with Gasteiger partial charge in [-0.05, 0) is 54.7 Å². The number of hydrogen-bond acceptors (Lipinski definition) is 4. The average Bonchev–Trinajstić information content (AvgIpc) is 2.83. The highest BCUT2D eigenvalue weighted by Crippen LogP contribution is 2.26. The number of carbonyl (C=O) groups is 1. The van der Waals surface area contributed by atoms with Crippen LogP contribution in [-0.2, 0) is 17.8 Å². The van der Waals surface area contributed by atoms with Crippen molar-refractivity contribution in [3.63, 3.8) is 0 Å². The zero-order valence-corrected chi connectivity index (χ0v) is 19.6. The van der Waals surface area contributed by atoms with Crippen molar-refractivity contribution in [3.05, 3.63) is 99.3 Å². The summed E-state index contributed by atoms with van der Waals surface area (Å²) >= 11 is 1.33. The number of amides is 1. The van der Waals surface area contributed by atoms with E-state index in [0.717, 1.165) is 23.2 Å². The van der Waals surface area contributed by atoms with E-state index < -0.39 is 0 Å². The molecule has 33 heavy (non-hydrogen) atoms. The highest BCUT2D eigenvalue weighted by atomic mass is 32.2. The van der Waals surface area contributed by atoms with Gasteiger partial charge in [0.15, 0.2) is 5.16 Å². The van der Waals surface area contributed by atoms with Crippen LogP contribution >= 0.6 is 11.8 Å². The molecule has 2 heterocycles. The second kappa shape index (κ2) is 8.87. The van der Waals surface area contributed by atoms with Crippen molar-refractivity contribution in [2.75, 3.05) is 12.3 Å². The van der Waals surface area contributed by atoms with Crippen LogP contribution in [0.2, 0.25) is 0 Å². The van der Waals surface area contributed by atoms with Crippen molar-refractivity contribution in [2.45, 2.75) is 32.0 Å². The van der Waals surface area contributed by atoms with Gasteiger partial charge in [-0.2, -0.15) is 0 Å². The second-order valence-corrected chi connectivity index (χ2v) is 9.36. The van der Waals surface area contributed by atoms with Crippen molar-refractivity contribution in [2.24, 2.45) is 0 Å². The Morgan fingerprint density at radius 1 is 0.939 bits per heavy atom. The molecule has 4 aromatic rings. The smallest absolute Gasteiger partial charge is 0.266 e. The van der Waals surface area contributed by atoms with Crippen LogP contribution in [0, 0.1) is 13.8 Å². The van der Waals surface area contributed by atoms with Crippen molar-refractivity contribution in [1.82, 2.24) is 14.5 Å². The van der Waals surface area contributed by atoms with Gasteiger partial charge in [-0.3, -0.25) is 14.2 Å². The lowest BCUT2D eigenvalue weighted by Crippen LogP contribution is -2.37. The van der Waals surface area contributed by atoms with Crippen LogP contribution < -0.4 is 5.56 Å². The van der Waals surface area contributed by atoms with Crippen LogP contribution in [0.15, 0.2) is 76.7 Å². The molecule has 0 atom stereocenters. The summed E-state index contributed by atoms with van der Waals surface area (Å²) in [5, 5.41) is 1.12. The van der Waals surface area contributed by atoms with E-state index in [1.54, 1.807) is 10.6 Å². The number of hydrogen-bond donors (Lipinski definition) is 0. The van der Waals surface area contributed by atoms with Crippen molar-refractivity contribution in [1.29, 1.82) is 0 Å². The summed E-state index contributed by atoms with van der Waals surface area (Å²) in [6, 6.07) is 21.6. The summed E-state index contributed by atoms with van der Waals surface area (Å²) < 4.78 is 1.68. The van der Waals surface area contributed by atoms with Crippen LogP contribution in [0.4, 0.5) is 0 Å². The van der Waals surface area contributed by atoms with Gasteiger partial charge >= 0.3 is 0 Å². The Hall–Kier alpha value is -3.38. The van der Waals surface area contributed by atoms with Gasteiger partial charge in [-0.1, -0.05) is 66.4 Å². The first kappa shape index (κ1) is 21.5. The Bertz CT molecular complexity index is 1410. The summed E-state index contributed by atoms with van der Waals surface area (Å²) in [7, 11) is 0. The summed E-state index contributed by atoms with van der Waals surface area (Å²) in [5.41, 5.74) is 5.88. The van der Waals surface area contributed by atoms with Crippen molar-refractivity contribution >= 4 is 28.6 Å². The predicted octanol–water partition coefficient (Wildman–Crippen LogP) is 4.68. The molecule has 0 aliphatic carbocycles. The standard InChI is InChI=1S/C27H25N3O2S/c1-18-8-7-9-19(2)25(18)30-26(32)22-12-5-6-13-23(22)28-27(30)33-17-24(31)29-15-14-20-10-3-4-11-21(20)16-29/h3-13H,14-17H2,1-2H3. The van der Waals surface area contributed by atoms with Gasteiger partial charge in [0, 0.05) is 13.1 Å². The molecule has 6 heteroatoms. The molecule has 0 N–H and O–H groups in total. The Balaban J connectivity index is 1.49. The van der Waals surface area contributed by atoms with E-state index in [-0.39, 0.29) is 17.2 Å². The number of nitrogens with zero attached hydrogens (tertiary/aromatic N) is 3. The fourth-order valence-electron chi connectivity index (χ4n) is 4.49. The molecule has 0 radical (unpaired) electrons. The second-order valence-electron chi connectivity index (χ2n) is 8.42. The average molecular weight is 456 g/mol. The first-order valence-corrected chi connectivity index (χ1v) is 12.1. The number of benzene rings is 3. The Morgan fingerprint density at radius 2 is 1.64 bits per heavy atom. The maximum absolute atomic E-state index is 13.6. The number of carbonyl (C=O) groups excluding carboxylic acids is 1. The van der Waals surface area contributed by atoms with Gasteiger partial charge in [-0.15, -0.1) is 0 Å². The molecule has 3 aromatic carbocycles. The molecule has 1 aliphatic heterocycles. The van der Waals surface area contributed by atoms with Crippen LogP contribution in [0.5, 0.6) is 0 Å². The Kier molecular flexibility index (Phi) is 5.77. The highest BCUT2D eigenvalue weighted by Gasteiger charge is 2.22. The van der Waals surface area contributed by atoms with Gasteiger partial charge < -0.3 is 4.90 Å². The number of thioether (sulfide) groups is 1. The highest BCUT2D eigenvalue weighted by molar-refractivity contribution is 7.99. The minimum Gasteiger partial charge on any atom is -0.337 e. The largest absolute Gasteiger partial charge is 0.337 e. The summed E-state index contributed by atoms with van der Waals surface area (Å²) in [6.07, 6.45) is 0.869. The molecule has 166 valence electrons. The number of fused-ring (bicyclic) bond motifs is 2. The monoisotopic (exact) mass is 455 g/mol. The molecule has 0 unspecified atom stereocenters. The fraction of sp³-hybridized carbons (Fsp3) is 0.222. The Morgan fingerprint density at radius 3 is 2.42 bits per heavy atom. The van der Waals surface area contributed by atoms with Crippen LogP contribution in [0.1, 0.15) is 22.3 Å². The molecule has 5 nitrogen and oxygen atoms in total. The van der Waals surface area contributed by atoms with E-state index in [9.17, 15) is 9.59 Å². The first-order chi connectivity index (χ1) is 16.0. The third kappa shape index (κ3) is 4.07. The van der Waals surface area contributed by atoms with Gasteiger partial charge in [-0.25, -0.2) is 4.98 Å². The van der Waals surface area contributed by atoms with E-state index in [2.05, 4.69) is 12.1 Å². The van der Waals surface area contributed by atoms with Gasteiger partial charge in [0.05, 0.1) is 22.3 Å². The summed E-state index contributed by atoms with van der Waals surface area (Å²) in [5.74, 6) is 0.294. The number of aromatic nitrogens is 2. The van der Waals surface area contributed by atoms with Gasteiger partial charge in [0.1, 0.15) is 0 Å². The SMILES string of the molecule is Cc1cccc(C)c1-n1c(SCC(=O)N2CCc3ccccc3C2)nc2ccccc2c1=O. The third-order valence-electron chi connectivity index (χ3n) is 6.22. The lowest BCUT2D eigenvalue weighted by molar-refractivity contribution is -0.129. The summed E-state index contributed by atoms with van der Waals surface area (Å²) in [6.45, 7) is 5.33. The number of para-hydroxylation sites is 2. The maximum Gasteiger partial charge on any atom is 0.266 e. The molecule has 1 aromatic heterocycles. The van der Waals surface area contributed by atoms with E-state index in [0.29, 0.717) is 29.1 Å². The topological polar surface area (TPSA) is 55.2 Å². The Labute approximate surface area is 197 Å². The van der Waals surface area contributed by atoms with Crippen molar-refractivity contribution < 1.29 is 4.79 Å². The number of aryl methyl sites for hydroxylation is 2. The molecular formula is C27H25N3O2S. The first-order valence-electron chi connectivity index (χ1n) is 11.1. The molecule has 0 spiro atoms. The molecule has 0 fully saturated rings. The van der Waals surface area contributed by atoms with E-state index >= 15 is 0 Å². The quantitative estimate of drug-likeness (QED) is 0.331. The summed E-state index contributed by atoms with van der Waals surface area (Å²) in [4.78, 5) is 33.4. The molecular weight excluding hydrogens is 430 g/mol. The molecule has 0 saturated heterocycles. The normalized spacial score (nSPS) is 13.2. The molecule has 0 bridgehead atoms. The van der Waals surface area contributed by atoms with Gasteiger partial charge in [0.25, 0.3) is 5.56 Å². The lowest BCUT2D eigenvalue weighted by Gasteiger charge is -2.29. The van der Waals surface area contributed by atoms with Crippen LogP contribution in [0.3, 0.4) is 0 Å². The zero-order valence-electron chi connectivity index (χ0n) is 18.7. The molecule has 0 saturated carbocycles. The zero-order chi connectivity index (χ0) is 22.9. The number of rotatable bonds is 4. The van der Waals surface area contributed by atoms with E-state index in [4.69, 9.17) is 4.98 Å². The minimum absolute atomic E-state index is 0.0602. The lowest BCUT2D eigenvalue weighted by atomic mass is 10.00. The molecule has 1 aliphatic rings. The van der Waals surface area contributed by atoms with Crippen LogP contribution in [-0.4, -0.2) is 32.7 Å². The van der Waals surface area contributed by atoms with Crippen LogP contribution in [0.25, 0.3) is 16.6 Å². The maximum atomic E-state index is 13.6. The third-order valence-corrected chi connectivity index (χ3v) is 7.14. The molecule has 5 rings (SSSR count). The predicted molar refractivity (Wildman–Crippen MR) is 133 cm³/mol. The fourth-order valence-corrected chi connectivity index (χ4v) is 5.39. The molecule has 1 amide bonds. The van der Waals surface area contributed by atoms with Gasteiger partial charge in [0.2, 0.25) is 5.91 Å².